The predicted molar refractivity (Wildman–Crippen MR) is 137 cm³/mol. The number of carbonyl (C=O) groups excluding carboxylic acids is 2. The van der Waals surface area contributed by atoms with Crippen LogP contribution in [0, 0.1) is 28.6 Å². The number of nitrogens with one attached hydrogen (secondary N) is 2. The van der Waals surface area contributed by atoms with Gasteiger partial charge in [-0.2, -0.15) is 5.10 Å². The van der Waals surface area contributed by atoms with Crippen molar-refractivity contribution < 1.29 is 19.4 Å². The van der Waals surface area contributed by atoms with E-state index in [-0.39, 0.29) is 29.9 Å². The molecule has 5 aliphatic rings. The second-order valence-corrected chi connectivity index (χ2v) is 12.0. The molecule has 2 unspecified atom stereocenters. The zero-order chi connectivity index (χ0) is 25.5. The first-order valence-corrected chi connectivity index (χ1v) is 13.5. The molecule has 5 fully saturated rings. The molecule has 4 saturated carbocycles. The minimum Gasteiger partial charge on any atom is -0.396 e. The predicted octanol–water partition coefficient (Wildman–Crippen LogP) is 2.27. The molecule has 4 bridgehead atoms. The van der Waals surface area contributed by atoms with E-state index in [0.717, 1.165) is 37.9 Å². The number of aromatic nitrogens is 2. The van der Waals surface area contributed by atoms with Crippen LogP contribution < -0.4 is 15.5 Å². The Morgan fingerprint density at radius 1 is 1.22 bits per heavy atom. The van der Waals surface area contributed by atoms with Crippen molar-refractivity contribution in [2.45, 2.75) is 58.9 Å². The van der Waals surface area contributed by atoms with Crippen molar-refractivity contribution in [1.29, 1.82) is 0 Å². The van der Waals surface area contributed by atoms with Crippen LogP contribution in [0.1, 0.15) is 63.2 Å². The number of aliphatic hydroxyl groups is 1. The Morgan fingerprint density at radius 2 is 1.92 bits per heavy atom. The third-order valence-electron chi connectivity index (χ3n) is 8.91. The van der Waals surface area contributed by atoms with Crippen LogP contribution in [0.25, 0.3) is 6.20 Å². The summed E-state index contributed by atoms with van der Waals surface area (Å²) >= 11 is 0. The molecule has 2 amide bonds. The lowest BCUT2D eigenvalue weighted by molar-refractivity contribution is -0.126. The summed E-state index contributed by atoms with van der Waals surface area (Å²) in [6, 6.07) is 0.154. The highest BCUT2D eigenvalue weighted by Crippen LogP contribution is 2.59. The maximum Gasteiger partial charge on any atom is 0.256 e. The second-order valence-electron chi connectivity index (χ2n) is 12.0. The van der Waals surface area contributed by atoms with E-state index in [1.54, 1.807) is 17.1 Å². The van der Waals surface area contributed by atoms with Crippen molar-refractivity contribution in [3.63, 3.8) is 0 Å². The second kappa shape index (κ2) is 9.82. The number of ether oxygens (including phenoxy) is 1. The van der Waals surface area contributed by atoms with E-state index in [1.807, 2.05) is 26.8 Å². The summed E-state index contributed by atoms with van der Waals surface area (Å²) in [7, 11) is 0. The standard InChI is InChI=1S/C27H41N5O4/c1-4-28-25(35)26(2,3)5-6-32-24(31-7-9-36-10-8-31)21(16-29-32)23(34)30-22-19-11-18-12-20(22)15-27(13-18,14-19)17-33/h5-6,16,18-20,22,33H,4,7-15,17H2,1-3H3,(H,28,35)(H,30,34). The van der Waals surface area contributed by atoms with Gasteiger partial charge in [-0.15, -0.1) is 0 Å². The average molecular weight is 500 g/mol. The normalized spacial score (nSPS) is 31.7. The van der Waals surface area contributed by atoms with Gasteiger partial charge in [0.2, 0.25) is 5.91 Å². The van der Waals surface area contributed by atoms with Gasteiger partial charge in [0.25, 0.3) is 5.91 Å². The van der Waals surface area contributed by atoms with E-state index in [4.69, 9.17) is 4.74 Å². The Labute approximate surface area is 213 Å². The molecule has 1 aliphatic heterocycles. The van der Waals surface area contributed by atoms with E-state index in [2.05, 4.69) is 20.6 Å². The lowest BCUT2D eigenvalue weighted by Crippen LogP contribution is -2.60. The van der Waals surface area contributed by atoms with Crippen LogP contribution in [0.3, 0.4) is 0 Å². The molecule has 1 saturated heterocycles. The van der Waals surface area contributed by atoms with Crippen LogP contribution in [-0.4, -0.2) is 72.2 Å². The summed E-state index contributed by atoms with van der Waals surface area (Å²) in [4.78, 5) is 28.3. The number of carbonyl (C=O) groups is 2. The average Bonchev–Trinajstić information content (AvgIpc) is 3.29. The van der Waals surface area contributed by atoms with Gasteiger partial charge in [0.15, 0.2) is 0 Å². The SMILES string of the molecule is CCNC(=O)C(C)(C)C=Cn1ncc(C(=O)NC2C3CC4CC2CC(CO)(C4)C3)c1N1CCOCC1. The fourth-order valence-corrected chi connectivity index (χ4v) is 7.29. The Kier molecular flexibility index (Phi) is 6.89. The number of amides is 2. The molecular weight excluding hydrogens is 458 g/mol. The molecule has 1 aromatic rings. The van der Waals surface area contributed by atoms with E-state index in [9.17, 15) is 14.7 Å². The van der Waals surface area contributed by atoms with Crippen LogP contribution in [0.15, 0.2) is 12.3 Å². The summed E-state index contributed by atoms with van der Waals surface area (Å²) < 4.78 is 7.27. The first-order chi connectivity index (χ1) is 17.2. The molecule has 0 aromatic carbocycles. The minimum absolute atomic E-state index is 0.0539. The van der Waals surface area contributed by atoms with Crippen molar-refractivity contribution in [2.24, 2.45) is 28.6 Å². The molecular formula is C27H41N5O4. The highest BCUT2D eigenvalue weighted by Gasteiger charge is 2.55. The third-order valence-corrected chi connectivity index (χ3v) is 8.91. The summed E-state index contributed by atoms with van der Waals surface area (Å²) in [6.45, 7) is 9.02. The van der Waals surface area contributed by atoms with Gasteiger partial charge >= 0.3 is 0 Å². The molecule has 4 aliphatic carbocycles. The Morgan fingerprint density at radius 3 is 2.56 bits per heavy atom. The van der Waals surface area contributed by atoms with Crippen molar-refractivity contribution in [2.75, 3.05) is 44.4 Å². The first-order valence-electron chi connectivity index (χ1n) is 13.5. The highest BCUT2D eigenvalue weighted by atomic mass is 16.5. The van der Waals surface area contributed by atoms with Gasteiger partial charge in [-0.25, -0.2) is 4.68 Å². The third kappa shape index (κ3) is 4.67. The lowest BCUT2D eigenvalue weighted by atomic mass is 9.48. The van der Waals surface area contributed by atoms with Crippen LogP contribution in [0.2, 0.25) is 0 Å². The topological polar surface area (TPSA) is 109 Å². The molecule has 36 heavy (non-hydrogen) atoms. The van der Waals surface area contributed by atoms with Crippen LogP contribution in [-0.2, 0) is 9.53 Å². The molecule has 3 N–H and O–H groups in total. The molecule has 0 spiro atoms. The fourth-order valence-electron chi connectivity index (χ4n) is 7.29. The zero-order valence-electron chi connectivity index (χ0n) is 21.8. The first kappa shape index (κ1) is 25.3. The summed E-state index contributed by atoms with van der Waals surface area (Å²) in [6.07, 6.45) is 10.7. The van der Waals surface area contributed by atoms with Crippen molar-refractivity contribution >= 4 is 23.8 Å². The van der Waals surface area contributed by atoms with Gasteiger partial charge in [0, 0.05) is 38.5 Å². The van der Waals surface area contributed by atoms with Crippen LogP contribution >= 0.6 is 0 Å². The zero-order valence-corrected chi connectivity index (χ0v) is 21.8. The number of aliphatic hydroxyl groups excluding tert-OH is 1. The number of hydrogen-bond donors (Lipinski definition) is 3. The van der Waals surface area contributed by atoms with Gasteiger partial charge in [-0.05, 0) is 76.0 Å². The Hall–Kier alpha value is -2.39. The van der Waals surface area contributed by atoms with Gasteiger partial charge < -0.3 is 25.4 Å². The van der Waals surface area contributed by atoms with Crippen LogP contribution in [0.4, 0.5) is 5.82 Å². The fraction of sp³-hybridized carbons (Fsp3) is 0.741. The van der Waals surface area contributed by atoms with Gasteiger partial charge in [-0.3, -0.25) is 9.59 Å². The molecule has 198 valence electrons. The summed E-state index contributed by atoms with van der Waals surface area (Å²) in [5, 5.41) is 20.9. The molecule has 0 radical (unpaired) electrons. The van der Waals surface area contributed by atoms with Gasteiger partial charge in [0.1, 0.15) is 11.4 Å². The monoisotopic (exact) mass is 499 g/mol. The number of anilines is 1. The maximum atomic E-state index is 13.7. The molecule has 6 rings (SSSR count). The Balaban J connectivity index is 1.38. The van der Waals surface area contributed by atoms with E-state index in [0.29, 0.717) is 56.2 Å². The lowest BCUT2D eigenvalue weighted by Gasteiger charge is -2.59. The van der Waals surface area contributed by atoms with Crippen molar-refractivity contribution in [1.82, 2.24) is 20.4 Å². The minimum atomic E-state index is -0.713. The van der Waals surface area contributed by atoms with Gasteiger partial charge in [0.05, 0.1) is 24.8 Å². The summed E-state index contributed by atoms with van der Waals surface area (Å²) in [5.41, 5.74) is -0.0816. The van der Waals surface area contributed by atoms with Gasteiger partial charge in [-0.1, -0.05) is 6.08 Å². The Bertz CT molecular complexity index is 996. The number of nitrogens with zero attached hydrogens (tertiary/aromatic N) is 3. The molecule has 2 atom stereocenters. The van der Waals surface area contributed by atoms with Crippen molar-refractivity contribution in [3.05, 3.63) is 17.8 Å². The number of rotatable bonds is 8. The number of morpholine rings is 1. The highest BCUT2D eigenvalue weighted by molar-refractivity contribution is 5.99. The maximum absolute atomic E-state index is 13.7. The van der Waals surface area contributed by atoms with Crippen LogP contribution in [0.5, 0.6) is 0 Å². The smallest absolute Gasteiger partial charge is 0.256 e. The number of hydrogen-bond acceptors (Lipinski definition) is 6. The molecule has 9 heteroatoms. The van der Waals surface area contributed by atoms with E-state index >= 15 is 0 Å². The molecule has 1 aromatic heterocycles. The largest absolute Gasteiger partial charge is 0.396 e. The quantitative estimate of drug-likeness (QED) is 0.506. The molecule has 2 heterocycles. The van der Waals surface area contributed by atoms with Crippen molar-refractivity contribution in [3.8, 4) is 0 Å². The molecule has 9 nitrogen and oxygen atoms in total. The summed E-state index contributed by atoms with van der Waals surface area (Å²) in [5.74, 6) is 2.16. The van der Waals surface area contributed by atoms with E-state index < -0.39 is 5.41 Å². The van der Waals surface area contributed by atoms with E-state index in [1.165, 1.54) is 0 Å².